The van der Waals surface area contributed by atoms with E-state index < -0.39 is 15.8 Å². The van der Waals surface area contributed by atoms with Crippen LogP contribution in [-0.2, 0) is 15.4 Å². The zero-order valence-electron chi connectivity index (χ0n) is 6.50. The van der Waals surface area contributed by atoms with Crippen molar-refractivity contribution >= 4 is 26.0 Å². The molecule has 0 saturated carbocycles. The molecule has 0 fully saturated rings. The number of alkyl halides is 1. The van der Waals surface area contributed by atoms with E-state index in [2.05, 4.69) is 15.9 Å². The van der Waals surface area contributed by atoms with Gasteiger partial charge in [-0.1, -0.05) is 15.9 Å². The summed E-state index contributed by atoms with van der Waals surface area (Å²) in [6, 6.07) is 3.42. The van der Waals surface area contributed by atoms with Crippen LogP contribution in [0.5, 0.6) is 0 Å². The lowest BCUT2D eigenvalue weighted by molar-refractivity contribution is 0.595. The fourth-order valence-corrected chi connectivity index (χ4v) is 1.82. The molecule has 0 heterocycles. The lowest BCUT2D eigenvalue weighted by Crippen LogP contribution is -2.12. The van der Waals surface area contributed by atoms with Crippen molar-refractivity contribution in [2.24, 2.45) is 5.14 Å². The number of benzene rings is 1. The SMILES string of the molecule is NS(=O)(=O)c1ccc(F)c(CBr)c1. The topological polar surface area (TPSA) is 60.2 Å². The van der Waals surface area contributed by atoms with Gasteiger partial charge < -0.3 is 0 Å². The van der Waals surface area contributed by atoms with Gasteiger partial charge in [0, 0.05) is 5.33 Å². The number of sulfonamides is 1. The minimum atomic E-state index is -3.74. The van der Waals surface area contributed by atoms with Crippen LogP contribution in [0.15, 0.2) is 23.1 Å². The Morgan fingerprint density at radius 2 is 2.08 bits per heavy atom. The van der Waals surface area contributed by atoms with Crippen LogP contribution in [0, 0.1) is 5.82 Å². The third-order valence-corrected chi connectivity index (χ3v) is 3.00. The highest BCUT2D eigenvalue weighted by atomic mass is 79.9. The molecule has 6 heteroatoms. The number of nitrogens with two attached hydrogens (primary N) is 1. The van der Waals surface area contributed by atoms with Gasteiger partial charge in [-0.05, 0) is 23.8 Å². The normalized spacial score (nSPS) is 11.6. The molecule has 0 bridgehead atoms. The molecule has 0 aliphatic rings. The van der Waals surface area contributed by atoms with Crippen molar-refractivity contribution in [1.82, 2.24) is 0 Å². The lowest BCUT2D eigenvalue weighted by atomic mass is 10.2. The molecule has 0 amide bonds. The standard InChI is InChI=1S/C7H7BrFNO2S/c8-4-5-3-6(13(10,11)12)1-2-7(5)9/h1-3H,4H2,(H2,10,11,12). The Morgan fingerprint density at radius 3 is 2.54 bits per heavy atom. The van der Waals surface area contributed by atoms with Crippen molar-refractivity contribution in [3.63, 3.8) is 0 Å². The highest BCUT2D eigenvalue weighted by molar-refractivity contribution is 9.08. The number of primary sulfonamides is 1. The van der Waals surface area contributed by atoms with Gasteiger partial charge in [0.2, 0.25) is 10.0 Å². The molecule has 1 aromatic rings. The first-order chi connectivity index (χ1) is 5.95. The maximum atomic E-state index is 12.9. The molecule has 1 rings (SSSR count). The first-order valence-electron chi connectivity index (χ1n) is 3.32. The third-order valence-electron chi connectivity index (χ3n) is 1.49. The highest BCUT2D eigenvalue weighted by Gasteiger charge is 2.10. The zero-order chi connectivity index (χ0) is 10.1. The molecule has 3 nitrogen and oxygen atoms in total. The molecule has 0 saturated heterocycles. The molecule has 0 radical (unpaired) electrons. The van der Waals surface area contributed by atoms with Crippen molar-refractivity contribution in [2.45, 2.75) is 10.2 Å². The summed E-state index contributed by atoms with van der Waals surface area (Å²) in [6.45, 7) is 0. The van der Waals surface area contributed by atoms with Gasteiger partial charge >= 0.3 is 0 Å². The summed E-state index contributed by atoms with van der Waals surface area (Å²) in [7, 11) is -3.74. The van der Waals surface area contributed by atoms with E-state index in [1.54, 1.807) is 0 Å². The Bertz CT molecular complexity index is 419. The van der Waals surface area contributed by atoms with Gasteiger partial charge in [0.1, 0.15) is 5.82 Å². The summed E-state index contributed by atoms with van der Waals surface area (Å²) in [5, 5.41) is 5.12. The highest BCUT2D eigenvalue weighted by Crippen LogP contribution is 2.16. The molecular formula is C7H7BrFNO2S. The molecule has 1 aromatic carbocycles. The molecular weight excluding hydrogens is 261 g/mol. The average molecular weight is 268 g/mol. The largest absolute Gasteiger partial charge is 0.238 e. The monoisotopic (exact) mass is 267 g/mol. The van der Waals surface area contributed by atoms with Crippen LogP contribution in [0.1, 0.15) is 5.56 Å². The smallest absolute Gasteiger partial charge is 0.225 e. The van der Waals surface area contributed by atoms with E-state index in [4.69, 9.17) is 5.14 Å². The molecule has 0 atom stereocenters. The van der Waals surface area contributed by atoms with Crippen molar-refractivity contribution in [1.29, 1.82) is 0 Å². The van der Waals surface area contributed by atoms with E-state index in [0.29, 0.717) is 0 Å². The first kappa shape index (κ1) is 10.6. The van der Waals surface area contributed by atoms with Crippen LogP contribution in [0.3, 0.4) is 0 Å². The Morgan fingerprint density at radius 1 is 1.46 bits per heavy atom. The molecule has 0 aliphatic carbocycles. The minimum Gasteiger partial charge on any atom is -0.225 e. The first-order valence-corrected chi connectivity index (χ1v) is 5.99. The van der Waals surface area contributed by atoms with Gasteiger partial charge in [0.05, 0.1) is 4.90 Å². The summed E-state index contributed by atoms with van der Waals surface area (Å²) in [5.41, 5.74) is 0.270. The lowest BCUT2D eigenvalue weighted by Gasteiger charge is -2.01. The van der Waals surface area contributed by atoms with Crippen molar-refractivity contribution in [3.05, 3.63) is 29.6 Å². The van der Waals surface area contributed by atoms with Crippen LogP contribution in [0.2, 0.25) is 0 Å². The van der Waals surface area contributed by atoms with E-state index in [-0.39, 0.29) is 15.8 Å². The van der Waals surface area contributed by atoms with Gasteiger partial charge in [-0.15, -0.1) is 0 Å². The van der Waals surface area contributed by atoms with Crippen LogP contribution in [0.4, 0.5) is 4.39 Å². The number of hydrogen-bond acceptors (Lipinski definition) is 2. The molecule has 2 N–H and O–H groups in total. The van der Waals surface area contributed by atoms with Gasteiger partial charge in [0.25, 0.3) is 0 Å². The van der Waals surface area contributed by atoms with Crippen molar-refractivity contribution < 1.29 is 12.8 Å². The second kappa shape index (κ2) is 3.73. The molecule has 0 spiro atoms. The van der Waals surface area contributed by atoms with Crippen LogP contribution in [-0.4, -0.2) is 8.42 Å². The summed E-state index contributed by atoms with van der Waals surface area (Å²) >= 11 is 3.03. The van der Waals surface area contributed by atoms with E-state index in [9.17, 15) is 12.8 Å². The second-order valence-electron chi connectivity index (χ2n) is 2.43. The third kappa shape index (κ3) is 2.49. The molecule has 72 valence electrons. The van der Waals surface area contributed by atoms with E-state index in [1.807, 2.05) is 0 Å². The molecule has 13 heavy (non-hydrogen) atoms. The van der Waals surface area contributed by atoms with Crippen molar-refractivity contribution in [2.75, 3.05) is 0 Å². The van der Waals surface area contributed by atoms with E-state index in [1.165, 1.54) is 6.07 Å². The van der Waals surface area contributed by atoms with Crippen LogP contribution >= 0.6 is 15.9 Å². The van der Waals surface area contributed by atoms with Gasteiger partial charge in [-0.2, -0.15) is 0 Å². The van der Waals surface area contributed by atoms with Gasteiger partial charge in [0.15, 0.2) is 0 Å². The second-order valence-corrected chi connectivity index (χ2v) is 4.55. The predicted octanol–water partition coefficient (Wildman–Crippen LogP) is 1.37. The summed E-state index contributed by atoms with van der Waals surface area (Å²) in [6.07, 6.45) is 0. The van der Waals surface area contributed by atoms with E-state index in [0.717, 1.165) is 12.1 Å². The van der Waals surface area contributed by atoms with Crippen LogP contribution in [0.25, 0.3) is 0 Å². The van der Waals surface area contributed by atoms with Crippen molar-refractivity contribution in [3.8, 4) is 0 Å². The predicted molar refractivity (Wildman–Crippen MR) is 50.4 cm³/mol. The summed E-state index contributed by atoms with van der Waals surface area (Å²) in [4.78, 5) is -0.0802. The molecule has 0 aliphatic heterocycles. The van der Waals surface area contributed by atoms with Crippen LogP contribution < -0.4 is 5.14 Å². The average Bonchev–Trinajstić information content (AvgIpc) is 2.03. The van der Waals surface area contributed by atoms with Gasteiger partial charge in [-0.3, -0.25) is 0 Å². The Labute approximate surface area is 83.9 Å². The maximum Gasteiger partial charge on any atom is 0.238 e. The molecule has 0 aromatic heterocycles. The quantitative estimate of drug-likeness (QED) is 0.823. The minimum absolute atomic E-state index is 0.0802. The number of hydrogen-bond donors (Lipinski definition) is 1. The van der Waals surface area contributed by atoms with E-state index >= 15 is 0 Å². The molecule has 0 unspecified atom stereocenters. The van der Waals surface area contributed by atoms with Gasteiger partial charge in [-0.25, -0.2) is 17.9 Å². The summed E-state index contributed by atoms with van der Waals surface area (Å²) in [5.74, 6) is -0.454. The Kier molecular flexibility index (Phi) is 3.05. The Hall–Kier alpha value is -0.460. The Balaban J connectivity index is 3.30. The maximum absolute atomic E-state index is 12.9. The fourth-order valence-electron chi connectivity index (χ4n) is 0.830. The zero-order valence-corrected chi connectivity index (χ0v) is 8.90. The summed E-state index contributed by atoms with van der Waals surface area (Å²) < 4.78 is 34.6. The fraction of sp³-hybridized carbons (Fsp3) is 0.143. The number of halogens is 2. The number of rotatable bonds is 2.